The Bertz CT molecular complexity index is 780. The number of nitrogens with zero attached hydrogens (tertiary/aromatic N) is 1. The van der Waals surface area contributed by atoms with Gasteiger partial charge in [0.2, 0.25) is 0 Å². The highest BCUT2D eigenvalue weighted by Crippen LogP contribution is 2.32. The van der Waals surface area contributed by atoms with E-state index in [1.165, 1.54) is 0 Å². The lowest BCUT2D eigenvalue weighted by molar-refractivity contribution is -0.137. The number of halogens is 1. The monoisotopic (exact) mass is 329 g/mol. The van der Waals surface area contributed by atoms with E-state index in [-0.39, 0.29) is 11.3 Å². The van der Waals surface area contributed by atoms with Crippen LogP contribution in [0, 0.1) is 6.92 Å². The first-order chi connectivity index (χ1) is 9.82. The molecule has 0 amide bonds. The molecule has 2 aromatic rings. The average molecular weight is 330 g/mol. The van der Waals surface area contributed by atoms with Gasteiger partial charge >= 0.3 is 5.97 Å². The number of fused-ring (bicyclic) bond motifs is 1. The van der Waals surface area contributed by atoms with E-state index in [2.05, 4.69) is 0 Å². The van der Waals surface area contributed by atoms with Crippen molar-refractivity contribution in [2.24, 2.45) is 0 Å². The van der Waals surface area contributed by atoms with Gasteiger partial charge < -0.3 is 9.67 Å². The number of rotatable bonds is 6. The number of carboxylic acid groups (broad SMARTS) is 1. The number of unbranched alkanes of at least 4 members (excludes halogenated alkanes) is 1. The van der Waals surface area contributed by atoms with Gasteiger partial charge in [0, 0.05) is 40.2 Å². The third kappa shape index (κ3) is 3.39. The van der Waals surface area contributed by atoms with Gasteiger partial charge in [-0.05, 0) is 25.8 Å². The quantitative estimate of drug-likeness (QED) is 0.652. The zero-order chi connectivity index (χ0) is 15.6. The largest absolute Gasteiger partial charge is 0.481 e. The van der Waals surface area contributed by atoms with Crippen LogP contribution in [0.4, 0.5) is 0 Å². The van der Waals surface area contributed by atoms with E-state index in [4.69, 9.17) is 15.8 Å². The predicted octanol–water partition coefficient (Wildman–Crippen LogP) is 3.13. The summed E-state index contributed by atoms with van der Waals surface area (Å²) in [5, 5.41) is 9.24. The third-order valence-electron chi connectivity index (χ3n) is 3.44. The lowest BCUT2D eigenvalue weighted by Crippen LogP contribution is -2.03. The van der Waals surface area contributed by atoms with Gasteiger partial charge in [-0.25, -0.2) is 8.42 Å². The number of hydrogen-bond donors (Lipinski definition) is 1. The van der Waals surface area contributed by atoms with E-state index in [1.807, 2.05) is 16.7 Å². The molecule has 2 rings (SSSR count). The van der Waals surface area contributed by atoms with Crippen LogP contribution in [0.25, 0.3) is 10.9 Å². The maximum absolute atomic E-state index is 11.8. The Balaban J connectivity index is 2.40. The molecular formula is C14H16ClNO4S. The highest BCUT2D eigenvalue weighted by molar-refractivity contribution is 8.14. The number of para-hydroxylation sites is 1. The second kappa shape index (κ2) is 6.07. The topological polar surface area (TPSA) is 76.4 Å². The molecule has 7 heteroatoms. The maximum Gasteiger partial charge on any atom is 0.303 e. The van der Waals surface area contributed by atoms with Crippen molar-refractivity contribution in [2.45, 2.75) is 37.6 Å². The van der Waals surface area contributed by atoms with Crippen LogP contribution in [-0.4, -0.2) is 24.1 Å². The number of benzene rings is 1. The van der Waals surface area contributed by atoms with Crippen LogP contribution >= 0.6 is 10.7 Å². The first-order valence-electron chi connectivity index (χ1n) is 6.56. The molecule has 0 atom stereocenters. The fourth-order valence-electron chi connectivity index (χ4n) is 2.54. The molecule has 0 aliphatic carbocycles. The summed E-state index contributed by atoms with van der Waals surface area (Å²) >= 11 is 0. The van der Waals surface area contributed by atoms with Crippen LogP contribution in [0.2, 0.25) is 0 Å². The van der Waals surface area contributed by atoms with Crippen molar-refractivity contribution < 1.29 is 18.3 Å². The molecule has 0 aliphatic rings. The van der Waals surface area contributed by atoms with Gasteiger partial charge in [0.1, 0.15) is 4.90 Å². The van der Waals surface area contributed by atoms with Crippen molar-refractivity contribution in [1.82, 2.24) is 4.57 Å². The van der Waals surface area contributed by atoms with Gasteiger partial charge in [0.05, 0.1) is 0 Å². The predicted molar refractivity (Wildman–Crippen MR) is 81.2 cm³/mol. The molecular weight excluding hydrogens is 314 g/mol. The average Bonchev–Trinajstić information content (AvgIpc) is 2.66. The van der Waals surface area contributed by atoms with E-state index in [1.54, 1.807) is 19.1 Å². The second-order valence-electron chi connectivity index (χ2n) is 4.87. The van der Waals surface area contributed by atoms with E-state index < -0.39 is 15.0 Å². The van der Waals surface area contributed by atoms with Crippen molar-refractivity contribution in [3.8, 4) is 0 Å². The summed E-state index contributed by atoms with van der Waals surface area (Å²) < 4.78 is 25.4. The molecule has 0 saturated carbocycles. The number of aliphatic carboxylic acids is 1. The molecule has 0 fully saturated rings. The summed E-state index contributed by atoms with van der Waals surface area (Å²) in [6.07, 6.45) is 1.32. The maximum atomic E-state index is 11.8. The SMILES string of the molecule is Cc1c(S(=O)(=O)Cl)c2ccccc2n1CCCCC(=O)O. The fraction of sp³-hybridized carbons (Fsp3) is 0.357. The van der Waals surface area contributed by atoms with E-state index in [0.29, 0.717) is 30.5 Å². The van der Waals surface area contributed by atoms with Gasteiger partial charge in [0.25, 0.3) is 9.05 Å². The second-order valence-corrected chi connectivity index (χ2v) is 7.37. The standard InChI is InChI=1S/C14H16ClNO4S/c1-10-14(21(15,19)20)11-6-2-3-7-12(11)16(10)9-5-4-8-13(17)18/h2-3,6-7H,4-5,8-9H2,1H3,(H,17,18). The lowest BCUT2D eigenvalue weighted by atomic mass is 10.2. The van der Waals surface area contributed by atoms with Crippen LogP contribution < -0.4 is 0 Å². The van der Waals surface area contributed by atoms with Crippen LogP contribution in [-0.2, 0) is 20.4 Å². The van der Waals surface area contributed by atoms with E-state index in [9.17, 15) is 13.2 Å². The van der Waals surface area contributed by atoms with Gasteiger partial charge in [-0.2, -0.15) is 0 Å². The van der Waals surface area contributed by atoms with E-state index >= 15 is 0 Å². The number of carboxylic acids is 1. The molecule has 5 nitrogen and oxygen atoms in total. The Morgan fingerprint density at radius 2 is 1.95 bits per heavy atom. The highest BCUT2D eigenvalue weighted by Gasteiger charge is 2.22. The molecule has 0 radical (unpaired) electrons. The van der Waals surface area contributed by atoms with Crippen molar-refractivity contribution in [2.75, 3.05) is 0 Å². The Hall–Kier alpha value is -1.53. The van der Waals surface area contributed by atoms with Gasteiger partial charge in [-0.1, -0.05) is 18.2 Å². The molecule has 1 aromatic heterocycles. The summed E-state index contributed by atoms with van der Waals surface area (Å²) in [4.78, 5) is 10.7. The Kier molecular flexibility index (Phi) is 4.58. The van der Waals surface area contributed by atoms with Crippen LogP contribution in [0.5, 0.6) is 0 Å². The molecule has 0 spiro atoms. The smallest absolute Gasteiger partial charge is 0.303 e. The van der Waals surface area contributed by atoms with Crippen LogP contribution in [0.15, 0.2) is 29.2 Å². The molecule has 0 aliphatic heterocycles. The molecule has 1 heterocycles. The van der Waals surface area contributed by atoms with Crippen molar-refractivity contribution in [3.63, 3.8) is 0 Å². The van der Waals surface area contributed by atoms with E-state index in [0.717, 1.165) is 5.52 Å². The summed E-state index contributed by atoms with van der Waals surface area (Å²) in [5.41, 5.74) is 1.38. The lowest BCUT2D eigenvalue weighted by Gasteiger charge is -2.07. The van der Waals surface area contributed by atoms with Gasteiger partial charge in [0.15, 0.2) is 0 Å². The molecule has 1 aromatic carbocycles. The number of carbonyl (C=O) groups is 1. The fourth-order valence-corrected chi connectivity index (χ4v) is 4.02. The number of hydrogen-bond acceptors (Lipinski definition) is 3. The molecule has 0 unspecified atom stereocenters. The Morgan fingerprint density at radius 1 is 1.29 bits per heavy atom. The van der Waals surface area contributed by atoms with Crippen LogP contribution in [0.1, 0.15) is 25.0 Å². The van der Waals surface area contributed by atoms with Gasteiger partial charge in [-0.15, -0.1) is 0 Å². The zero-order valence-corrected chi connectivity index (χ0v) is 13.1. The molecule has 21 heavy (non-hydrogen) atoms. The van der Waals surface area contributed by atoms with Crippen molar-refractivity contribution in [3.05, 3.63) is 30.0 Å². The van der Waals surface area contributed by atoms with Gasteiger partial charge in [-0.3, -0.25) is 4.79 Å². The molecule has 0 bridgehead atoms. The first-order valence-corrected chi connectivity index (χ1v) is 8.87. The molecule has 0 saturated heterocycles. The van der Waals surface area contributed by atoms with Crippen molar-refractivity contribution in [1.29, 1.82) is 0 Å². The molecule has 1 N–H and O–H groups in total. The summed E-state index contributed by atoms with van der Waals surface area (Å²) in [6.45, 7) is 2.28. The molecule has 114 valence electrons. The van der Waals surface area contributed by atoms with Crippen molar-refractivity contribution >= 4 is 36.6 Å². The van der Waals surface area contributed by atoms with Crippen LogP contribution in [0.3, 0.4) is 0 Å². The number of aromatic nitrogens is 1. The number of aryl methyl sites for hydroxylation is 1. The zero-order valence-electron chi connectivity index (χ0n) is 11.5. The minimum atomic E-state index is -3.83. The Labute approximate surface area is 127 Å². The first kappa shape index (κ1) is 15.9. The minimum absolute atomic E-state index is 0.110. The minimum Gasteiger partial charge on any atom is -0.481 e. The summed E-state index contributed by atoms with van der Waals surface area (Å²) in [6, 6.07) is 7.17. The normalized spacial score (nSPS) is 11.9. The summed E-state index contributed by atoms with van der Waals surface area (Å²) in [7, 11) is 1.71. The highest BCUT2D eigenvalue weighted by atomic mass is 35.7. The Morgan fingerprint density at radius 3 is 2.57 bits per heavy atom. The third-order valence-corrected chi connectivity index (χ3v) is 4.91. The summed E-state index contributed by atoms with van der Waals surface area (Å²) in [5.74, 6) is -0.826.